The molecule has 126 valence electrons. The molecular formula is C19H15NO5. The van der Waals surface area contributed by atoms with Crippen LogP contribution in [0.2, 0.25) is 0 Å². The number of benzene rings is 2. The average molecular weight is 337 g/mol. The molecule has 0 saturated carbocycles. The first-order chi connectivity index (χ1) is 12.2. The number of fused-ring (bicyclic) bond motifs is 1. The maximum Gasteiger partial charge on any atom is 0.336 e. The van der Waals surface area contributed by atoms with Gasteiger partial charge in [0.05, 0.1) is 18.4 Å². The molecule has 0 amide bonds. The van der Waals surface area contributed by atoms with Crippen molar-refractivity contribution in [2.75, 3.05) is 7.11 Å². The summed E-state index contributed by atoms with van der Waals surface area (Å²) in [7, 11) is 1.61. The van der Waals surface area contributed by atoms with Crippen molar-refractivity contribution in [3.8, 4) is 11.5 Å². The van der Waals surface area contributed by atoms with Crippen LogP contribution in [-0.4, -0.2) is 17.9 Å². The zero-order valence-corrected chi connectivity index (χ0v) is 13.4. The molecular weight excluding hydrogens is 322 g/mol. The Hall–Kier alpha value is -3.28. The molecule has 0 spiro atoms. The van der Waals surface area contributed by atoms with Crippen molar-refractivity contribution in [2.24, 2.45) is 5.16 Å². The van der Waals surface area contributed by atoms with Crippen LogP contribution in [0.5, 0.6) is 11.5 Å². The summed E-state index contributed by atoms with van der Waals surface area (Å²) < 4.78 is 10.4. The van der Waals surface area contributed by atoms with E-state index in [1.165, 1.54) is 6.07 Å². The van der Waals surface area contributed by atoms with Gasteiger partial charge in [0, 0.05) is 17.9 Å². The Balaban J connectivity index is 1.69. The van der Waals surface area contributed by atoms with E-state index in [1.807, 2.05) is 24.3 Å². The molecule has 0 bridgehead atoms. The fourth-order valence-corrected chi connectivity index (χ4v) is 2.92. The van der Waals surface area contributed by atoms with Gasteiger partial charge in [-0.05, 0) is 35.9 Å². The van der Waals surface area contributed by atoms with E-state index in [2.05, 4.69) is 5.16 Å². The van der Waals surface area contributed by atoms with Gasteiger partial charge in [-0.15, -0.1) is 0 Å². The Morgan fingerprint density at radius 2 is 1.88 bits per heavy atom. The fraction of sp³-hybridized carbons (Fsp3) is 0.158. The van der Waals surface area contributed by atoms with Crippen molar-refractivity contribution in [1.82, 2.24) is 0 Å². The number of oxime groups is 1. The smallest absolute Gasteiger partial charge is 0.336 e. The molecule has 0 aliphatic carbocycles. The second-order valence-electron chi connectivity index (χ2n) is 5.74. The molecule has 1 aliphatic heterocycles. The first-order valence-electron chi connectivity index (χ1n) is 7.78. The van der Waals surface area contributed by atoms with Gasteiger partial charge in [-0.25, -0.2) is 4.79 Å². The third-order valence-corrected chi connectivity index (χ3v) is 4.21. The van der Waals surface area contributed by atoms with Gasteiger partial charge in [0.15, 0.2) is 11.7 Å². The lowest BCUT2D eigenvalue weighted by Crippen LogP contribution is -2.04. The molecule has 4 rings (SSSR count). The Morgan fingerprint density at radius 3 is 2.64 bits per heavy atom. The van der Waals surface area contributed by atoms with E-state index in [9.17, 15) is 9.90 Å². The molecule has 2 heterocycles. The lowest BCUT2D eigenvalue weighted by molar-refractivity contribution is 0.0857. The monoisotopic (exact) mass is 337 g/mol. The Kier molecular flexibility index (Phi) is 3.65. The number of nitrogens with zero attached hydrogens (tertiary/aromatic N) is 1. The van der Waals surface area contributed by atoms with Crippen LogP contribution in [0, 0.1) is 0 Å². The van der Waals surface area contributed by atoms with E-state index in [0.29, 0.717) is 28.7 Å². The van der Waals surface area contributed by atoms with Crippen LogP contribution in [0.1, 0.15) is 23.7 Å². The highest BCUT2D eigenvalue weighted by Gasteiger charge is 2.27. The second kappa shape index (κ2) is 5.98. The van der Waals surface area contributed by atoms with Crippen molar-refractivity contribution < 1.29 is 19.1 Å². The molecule has 1 aliphatic rings. The number of hydrogen-bond acceptors (Lipinski definition) is 6. The molecule has 0 saturated heterocycles. The van der Waals surface area contributed by atoms with Crippen molar-refractivity contribution in [3.05, 3.63) is 70.1 Å². The normalized spacial score (nSPS) is 16.5. The predicted octanol–water partition coefficient (Wildman–Crippen LogP) is 3.37. The second-order valence-corrected chi connectivity index (χ2v) is 5.74. The molecule has 0 fully saturated rings. The van der Waals surface area contributed by atoms with E-state index < -0.39 is 5.63 Å². The maximum atomic E-state index is 11.6. The van der Waals surface area contributed by atoms with Gasteiger partial charge in [-0.3, -0.25) is 0 Å². The van der Waals surface area contributed by atoms with E-state index in [4.69, 9.17) is 14.0 Å². The summed E-state index contributed by atoms with van der Waals surface area (Å²) in [6.07, 6.45) is 0.184. The van der Waals surface area contributed by atoms with Crippen LogP contribution >= 0.6 is 0 Å². The summed E-state index contributed by atoms with van der Waals surface area (Å²) in [5, 5.41) is 15.1. The van der Waals surface area contributed by atoms with Crippen LogP contribution in [0.15, 0.2) is 62.9 Å². The SMILES string of the molecule is COc1ccc(C2CC(c3c(O)ccc4ccc(=O)oc34)=NO2)cc1. The summed E-state index contributed by atoms with van der Waals surface area (Å²) in [6, 6.07) is 13.8. The lowest BCUT2D eigenvalue weighted by Gasteiger charge is -2.09. The minimum atomic E-state index is -0.481. The molecule has 3 aromatic rings. The molecule has 25 heavy (non-hydrogen) atoms. The van der Waals surface area contributed by atoms with Crippen LogP contribution in [0.3, 0.4) is 0 Å². The van der Waals surface area contributed by atoms with Crippen molar-refractivity contribution >= 4 is 16.7 Å². The standard InChI is InChI=1S/C19H15NO5/c1-23-13-6-2-11(3-7-13)16-10-14(20-25-16)18-15(21)8-4-12-5-9-17(22)24-19(12)18/h2-9,16,21H,10H2,1H3. The van der Waals surface area contributed by atoms with Crippen LogP contribution < -0.4 is 10.4 Å². The third-order valence-electron chi connectivity index (χ3n) is 4.21. The number of methoxy groups -OCH3 is 1. The minimum absolute atomic E-state index is 0.000388. The molecule has 6 heteroatoms. The first kappa shape index (κ1) is 15.3. The summed E-state index contributed by atoms with van der Waals surface area (Å²) in [6.45, 7) is 0. The summed E-state index contributed by atoms with van der Waals surface area (Å²) >= 11 is 0. The molecule has 0 radical (unpaired) electrons. The van der Waals surface area contributed by atoms with Gasteiger partial charge in [-0.2, -0.15) is 0 Å². The van der Waals surface area contributed by atoms with Crippen molar-refractivity contribution in [2.45, 2.75) is 12.5 Å². The van der Waals surface area contributed by atoms with Crippen molar-refractivity contribution in [1.29, 1.82) is 0 Å². The lowest BCUT2D eigenvalue weighted by atomic mass is 9.98. The quantitative estimate of drug-likeness (QED) is 0.741. The minimum Gasteiger partial charge on any atom is -0.507 e. The molecule has 1 aromatic heterocycles. The van der Waals surface area contributed by atoms with E-state index in [0.717, 1.165) is 11.3 Å². The van der Waals surface area contributed by atoms with Gasteiger partial charge >= 0.3 is 5.63 Å². The summed E-state index contributed by atoms with van der Waals surface area (Å²) in [5.74, 6) is 0.760. The first-order valence-corrected chi connectivity index (χ1v) is 7.78. The third kappa shape index (κ3) is 2.71. The Labute approximate surface area is 142 Å². The maximum absolute atomic E-state index is 11.6. The molecule has 6 nitrogen and oxygen atoms in total. The molecule has 1 atom stereocenters. The highest BCUT2D eigenvalue weighted by atomic mass is 16.6. The molecule has 1 N–H and O–H groups in total. The number of phenolic OH excluding ortho intramolecular Hbond substituents is 1. The topological polar surface area (TPSA) is 81.3 Å². The van der Waals surface area contributed by atoms with Gasteiger partial charge < -0.3 is 19.1 Å². The van der Waals surface area contributed by atoms with E-state index in [-0.39, 0.29) is 11.9 Å². The van der Waals surface area contributed by atoms with Gasteiger partial charge in [0.2, 0.25) is 0 Å². The van der Waals surface area contributed by atoms with Crippen LogP contribution in [0.25, 0.3) is 11.0 Å². The number of ether oxygens (including phenoxy) is 1. The predicted molar refractivity (Wildman–Crippen MR) is 92.1 cm³/mol. The number of hydrogen-bond donors (Lipinski definition) is 1. The van der Waals surface area contributed by atoms with E-state index >= 15 is 0 Å². The van der Waals surface area contributed by atoms with Gasteiger partial charge in [0.1, 0.15) is 11.5 Å². The fourth-order valence-electron chi connectivity index (χ4n) is 2.92. The molecule has 2 aromatic carbocycles. The summed E-state index contributed by atoms with van der Waals surface area (Å²) in [5.41, 5.74) is 1.71. The zero-order valence-electron chi connectivity index (χ0n) is 13.4. The van der Waals surface area contributed by atoms with E-state index in [1.54, 1.807) is 25.3 Å². The van der Waals surface area contributed by atoms with Gasteiger partial charge in [-0.1, -0.05) is 17.3 Å². The number of rotatable bonds is 3. The van der Waals surface area contributed by atoms with Crippen LogP contribution in [0.4, 0.5) is 0 Å². The highest BCUT2D eigenvalue weighted by molar-refractivity contribution is 6.11. The zero-order chi connectivity index (χ0) is 17.4. The average Bonchev–Trinajstić information content (AvgIpc) is 3.11. The Morgan fingerprint density at radius 1 is 1.12 bits per heavy atom. The van der Waals surface area contributed by atoms with Crippen molar-refractivity contribution in [3.63, 3.8) is 0 Å². The number of aromatic hydroxyl groups is 1. The Bertz CT molecular complexity index is 1020. The highest BCUT2D eigenvalue weighted by Crippen LogP contribution is 2.35. The largest absolute Gasteiger partial charge is 0.507 e. The van der Waals surface area contributed by atoms with Gasteiger partial charge in [0.25, 0.3) is 0 Å². The number of phenols is 1. The summed E-state index contributed by atoms with van der Waals surface area (Å²) in [4.78, 5) is 17.1. The van der Waals surface area contributed by atoms with Crippen LogP contribution in [-0.2, 0) is 4.84 Å². The molecule has 1 unspecified atom stereocenters.